The van der Waals surface area contributed by atoms with Crippen LogP contribution in [0.2, 0.25) is 0 Å². The van der Waals surface area contributed by atoms with Gasteiger partial charge >= 0.3 is 5.69 Å². The molecule has 110 valence electrons. The van der Waals surface area contributed by atoms with Crippen LogP contribution < -0.4 is 11.0 Å². The van der Waals surface area contributed by atoms with E-state index in [2.05, 4.69) is 26.2 Å². The third-order valence-corrected chi connectivity index (χ3v) is 4.67. The molecule has 1 aliphatic rings. The van der Waals surface area contributed by atoms with Crippen LogP contribution in [0, 0.1) is 13.8 Å². The molecule has 1 aliphatic heterocycles. The van der Waals surface area contributed by atoms with Crippen molar-refractivity contribution in [1.82, 2.24) is 19.8 Å². The van der Waals surface area contributed by atoms with E-state index < -0.39 is 0 Å². The monoisotopic (exact) mass is 342 g/mol. The minimum absolute atomic E-state index is 0.0311. The van der Waals surface area contributed by atoms with Crippen LogP contribution in [0.5, 0.6) is 0 Å². The van der Waals surface area contributed by atoms with E-state index in [4.69, 9.17) is 0 Å². The van der Waals surface area contributed by atoms with Crippen molar-refractivity contribution in [3.63, 3.8) is 0 Å². The van der Waals surface area contributed by atoms with Crippen molar-refractivity contribution in [2.45, 2.75) is 26.8 Å². The zero-order chi connectivity index (χ0) is 14.7. The van der Waals surface area contributed by atoms with Crippen molar-refractivity contribution in [3.8, 4) is 0 Å². The predicted molar refractivity (Wildman–Crippen MR) is 79.7 cm³/mol. The quantitative estimate of drug-likeness (QED) is 0.847. The fourth-order valence-electron chi connectivity index (χ4n) is 2.29. The van der Waals surface area contributed by atoms with Gasteiger partial charge in [0.05, 0.1) is 10.2 Å². The minimum atomic E-state index is -0.371. The fraction of sp³-hybridized carbons (Fsp3) is 0.615. The van der Waals surface area contributed by atoms with Gasteiger partial charge in [-0.05, 0) is 42.7 Å². The van der Waals surface area contributed by atoms with Gasteiger partial charge in [-0.2, -0.15) is 4.98 Å². The predicted octanol–water partition coefficient (Wildman–Crippen LogP) is 0.445. The molecule has 20 heavy (non-hydrogen) atoms. The van der Waals surface area contributed by atoms with Crippen LogP contribution in [0.4, 0.5) is 0 Å². The van der Waals surface area contributed by atoms with Gasteiger partial charge in [0.15, 0.2) is 0 Å². The number of hydrogen-bond acceptors (Lipinski definition) is 4. The van der Waals surface area contributed by atoms with Crippen LogP contribution in [0.25, 0.3) is 0 Å². The van der Waals surface area contributed by atoms with Crippen molar-refractivity contribution in [1.29, 1.82) is 0 Å². The Balaban J connectivity index is 2.19. The summed E-state index contributed by atoms with van der Waals surface area (Å²) >= 11 is 3.41. The molecule has 0 radical (unpaired) electrons. The summed E-state index contributed by atoms with van der Waals surface area (Å²) in [6.07, 6.45) is 0.940. The summed E-state index contributed by atoms with van der Waals surface area (Å²) in [5.41, 5.74) is 1.02. The summed E-state index contributed by atoms with van der Waals surface area (Å²) in [6.45, 7) is 6.79. The van der Waals surface area contributed by atoms with Crippen molar-refractivity contribution >= 4 is 21.8 Å². The lowest BCUT2D eigenvalue weighted by Gasteiger charge is -2.21. The first-order chi connectivity index (χ1) is 9.50. The Hall–Kier alpha value is -1.21. The number of amides is 1. The molecule has 6 nitrogen and oxygen atoms in total. The molecule has 2 rings (SSSR count). The van der Waals surface area contributed by atoms with Crippen LogP contribution in [0.3, 0.4) is 0 Å². The number of rotatable bonds is 2. The van der Waals surface area contributed by atoms with Crippen molar-refractivity contribution in [2.24, 2.45) is 0 Å². The Morgan fingerprint density at radius 1 is 1.35 bits per heavy atom. The molecule has 1 N–H and O–H groups in total. The first-order valence-corrected chi connectivity index (χ1v) is 7.52. The van der Waals surface area contributed by atoms with Gasteiger partial charge in [-0.25, -0.2) is 4.79 Å². The smallest absolute Gasteiger partial charge is 0.340 e. The van der Waals surface area contributed by atoms with E-state index in [-0.39, 0.29) is 18.1 Å². The Bertz CT molecular complexity index is 562. The summed E-state index contributed by atoms with van der Waals surface area (Å²) in [6, 6.07) is 0. The van der Waals surface area contributed by atoms with Gasteiger partial charge in [-0.1, -0.05) is 0 Å². The van der Waals surface area contributed by atoms with Gasteiger partial charge in [0.1, 0.15) is 6.54 Å². The van der Waals surface area contributed by atoms with E-state index in [1.165, 1.54) is 4.57 Å². The number of halogens is 1. The number of aryl methyl sites for hydroxylation is 1. The second-order valence-corrected chi connectivity index (χ2v) is 5.74. The zero-order valence-electron chi connectivity index (χ0n) is 11.8. The Labute approximate surface area is 126 Å². The normalized spacial score (nSPS) is 16.1. The third kappa shape index (κ3) is 3.27. The van der Waals surface area contributed by atoms with E-state index in [0.717, 1.165) is 36.2 Å². The Morgan fingerprint density at radius 2 is 2.10 bits per heavy atom. The van der Waals surface area contributed by atoms with Crippen LogP contribution >= 0.6 is 15.9 Å². The molecule has 0 aromatic carbocycles. The molecule has 0 saturated carbocycles. The van der Waals surface area contributed by atoms with Crippen LogP contribution in [-0.2, 0) is 11.3 Å². The molecule has 7 heteroatoms. The number of aromatic nitrogens is 2. The average Bonchev–Trinajstić information content (AvgIpc) is 2.70. The first kappa shape index (κ1) is 15.2. The second-order valence-electron chi connectivity index (χ2n) is 4.95. The van der Waals surface area contributed by atoms with Crippen molar-refractivity contribution < 1.29 is 4.79 Å². The summed E-state index contributed by atoms with van der Waals surface area (Å²) in [5.74, 6) is -0.0311. The minimum Gasteiger partial charge on any atom is -0.340 e. The molecule has 0 unspecified atom stereocenters. The summed E-state index contributed by atoms with van der Waals surface area (Å²) in [5, 5.41) is 3.25. The number of nitrogens with one attached hydrogen (secondary N) is 1. The number of hydrogen-bond donors (Lipinski definition) is 1. The molecule has 1 aromatic heterocycles. The van der Waals surface area contributed by atoms with E-state index >= 15 is 0 Å². The number of carbonyl (C=O) groups is 1. The van der Waals surface area contributed by atoms with Crippen molar-refractivity contribution in [3.05, 3.63) is 26.3 Å². The van der Waals surface area contributed by atoms with Gasteiger partial charge in [0.25, 0.3) is 0 Å². The summed E-state index contributed by atoms with van der Waals surface area (Å²) in [4.78, 5) is 30.0. The van der Waals surface area contributed by atoms with E-state index in [9.17, 15) is 9.59 Å². The van der Waals surface area contributed by atoms with Crippen LogP contribution in [0.15, 0.2) is 9.27 Å². The van der Waals surface area contributed by atoms with Gasteiger partial charge < -0.3 is 10.2 Å². The highest BCUT2D eigenvalue weighted by Gasteiger charge is 2.18. The van der Waals surface area contributed by atoms with Gasteiger partial charge in [-0.3, -0.25) is 9.36 Å². The molecule has 1 fully saturated rings. The summed E-state index contributed by atoms with van der Waals surface area (Å²) < 4.78 is 2.21. The first-order valence-electron chi connectivity index (χ1n) is 6.72. The average molecular weight is 343 g/mol. The zero-order valence-corrected chi connectivity index (χ0v) is 13.4. The highest BCUT2D eigenvalue weighted by atomic mass is 79.9. The maximum atomic E-state index is 12.3. The molecular weight excluding hydrogens is 324 g/mol. The van der Waals surface area contributed by atoms with Crippen LogP contribution in [-0.4, -0.2) is 46.5 Å². The van der Waals surface area contributed by atoms with Crippen molar-refractivity contribution in [2.75, 3.05) is 26.2 Å². The van der Waals surface area contributed by atoms with Gasteiger partial charge in [-0.15, -0.1) is 0 Å². The van der Waals surface area contributed by atoms with Crippen LogP contribution in [0.1, 0.15) is 17.8 Å². The van der Waals surface area contributed by atoms with E-state index in [0.29, 0.717) is 12.2 Å². The lowest BCUT2D eigenvalue weighted by atomic mass is 10.3. The third-order valence-electron chi connectivity index (χ3n) is 3.52. The molecule has 1 saturated heterocycles. The number of carbonyl (C=O) groups excluding carboxylic acids is 1. The molecular formula is C13H19BrN4O2. The molecule has 1 aromatic rings. The highest BCUT2D eigenvalue weighted by Crippen LogP contribution is 2.16. The SMILES string of the molecule is Cc1nc(=O)n(CC(=O)N2CCCNCC2)c(C)c1Br. The standard InChI is InChI=1S/C13H19BrN4O2/c1-9-12(14)10(2)18(13(20)16-9)8-11(19)17-6-3-4-15-5-7-17/h15H,3-8H2,1-2H3. The van der Waals surface area contributed by atoms with Gasteiger partial charge in [0, 0.05) is 25.3 Å². The van der Waals surface area contributed by atoms with E-state index in [1.54, 1.807) is 11.8 Å². The lowest BCUT2D eigenvalue weighted by Crippen LogP contribution is -2.39. The number of nitrogens with zero attached hydrogens (tertiary/aromatic N) is 3. The molecule has 0 bridgehead atoms. The topological polar surface area (TPSA) is 67.2 Å². The van der Waals surface area contributed by atoms with Gasteiger partial charge in [0.2, 0.25) is 5.91 Å². The molecule has 0 spiro atoms. The Morgan fingerprint density at radius 3 is 2.85 bits per heavy atom. The highest BCUT2D eigenvalue weighted by molar-refractivity contribution is 9.10. The lowest BCUT2D eigenvalue weighted by molar-refractivity contribution is -0.131. The van der Waals surface area contributed by atoms with E-state index in [1.807, 2.05) is 6.92 Å². The molecule has 0 aliphatic carbocycles. The maximum absolute atomic E-state index is 12.3. The largest absolute Gasteiger partial charge is 0.348 e. The maximum Gasteiger partial charge on any atom is 0.348 e. The Kier molecular flexibility index (Phi) is 4.93. The summed E-state index contributed by atoms with van der Waals surface area (Å²) in [7, 11) is 0. The molecule has 0 atom stereocenters. The molecule has 2 heterocycles. The second kappa shape index (κ2) is 6.49. The fourth-order valence-corrected chi connectivity index (χ4v) is 2.60. The molecule has 1 amide bonds.